The van der Waals surface area contributed by atoms with Crippen LogP contribution in [0.25, 0.3) is 0 Å². The number of phenols is 1. The molecule has 2 rings (SSSR count). The average molecular weight is 229 g/mol. The van der Waals surface area contributed by atoms with Crippen LogP contribution in [0.4, 0.5) is 11.4 Å². The van der Waals surface area contributed by atoms with Gasteiger partial charge >= 0.3 is 0 Å². The summed E-state index contributed by atoms with van der Waals surface area (Å²) in [6, 6.07) is 12.7. The highest BCUT2D eigenvalue weighted by Gasteiger charge is 2.03. The quantitative estimate of drug-likeness (QED) is 0.709. The molecule has 0 fully saturated rings. The van der Waals surface area contributed by atoms with E-state index in [0.717, 1.165) is 22.5 Å². The molecule has 0 aliphatic heterocycles. The molecule has 0 spiro atoms. The summed E-state index contributed by atoms with van der Waals surface area (Å²) in [5.41, 5.74) is 3.60. The van der Waals surface area contributed by atoms with Crippen molar-refractivity contribution in [3.8, 4) is 5.75 Å². The Morgan fingerprint density at radius 2 is 1.82 bits per heavy atom. The van der Waals surface area contributed by atoms with Gasteiger partial charge in [-0.25, -0.2) is 0 Å². The zero-order valence-electron chi connectivity index (χ0n) is 9.64. The van der Waals surface area contributed by atoms with Crippen molar-refractivity contribution in [2.75, 3.05) is 5.32 Å². The van der Waals surface area contributed by atoms with Crippen LogP contribution < -0.4 is 5.32 Å². The number of hydrogen-bond acceptors (Lipinski definition) is 3. The fourth-order valence-electron chi connectivity index (χ4n) is 1.71. The van der Waals surface area contributed by atoms with Gasteiger partial charge in [0.2, 0.25) is 0 Å². The molecule has 3 nitrogen and oxygen atoms in total. The van der Waals surface area contributed by atoms with E-state index in [9.17, 15) is 10.2 Å². The lowest BCUT2D eigenvalue weighted by Gasteiger charge is -2.12. The molecule has 0 aliphatic rings. The maximum Gasteiger partial charge on any atom is 0.115 e. The van der Waals surface area contributed by atoms with E-state index in [4.69, 9.17) is 0 Å². The Morgan fingerprint density at radius 3 is 2.53 bits per heavy atom. The predicted octanol–water partition coefficient (Wildman–Crippen LogP) is 2.94. The highest BCUT2D eigenvalue weighted by atomic mass is 16.3. The minimum atomic E-state index is 0.000302. The lowest BCUT2D eigenvalue weighted by atomic mass is 10.1. The van der Waals surface area contributed by atoms with Crippen molar-refractivity contribution in [2.45, 2.75) is 13.5 Å². The van der Waals surface area contributed by atoms with Gasteiger partial charge in [-0.15, -0.1) is 0 Å². The summed E-state index contributed by atoms with van der Waals surface area (Å²) in [6.07, 6.45) is 0. The summed E-state index contributed by atoms with van der Waals surface area (Å²) in [6.45, 7) is 1.92. The zero-order chi connectivity index (χ0) is 12.3. The maximum absolute atomic E-state index is 9.34. The number of aliphatic hydroxyl groups excluding tert-OH is 1. The summed E-state index contributed by atoms with van der Waals surface area (Å²) >= 11 is 0. The summed E-state index contributed by atoms with van der Waals surface area (Å²) in [4.78, 5) is 0. The molecule has 17 heavy (non-hydrogen) atoms. The minimum Gasteiger partial charge on any atom is -0.508 e. The number of aryl methyl sites for hydroxylation is 1. The lowest BCUT2D eigenvalue weighted by Crippen LogP contribution is -1.97. The van der Waals surface area contributed by atoms with Gasteiger partial charge < -0.3 is 15.5 Å². The lowest BCUT2D eigenvalue weighted by molar-refractivity contribution is 0.282. The first-order valence-corrected chi connectivity index (χ1v) is 5.46. The standard InChI is InChI=1S/C14H15NO2/c1-10-8-12(17)6-7-13(10)15-14-5-3-2-4-11(14)9-16/h2-8,15-17H,9H2,1H3. The van der Waals surface area contributed by atoms with Crippen LogP contribution in [0, 0.1) is 6.92 Å². The molecule has 0 unspecified atom stereocenters. The topological polar surface area (TPSA) is 52.5 Å². The summed E-state index contributed by atoms with van der Waals surface area (Å²) < 4.78 is 0. The maximum atomic E-state index is 9.34. The van der Waals surface area contributed by atoms with E-state index < -0.39 is 0 Å². The molecule has 3 N–H and O–H groups in total. The van der Waals surface area contributed by atoms with Crippen molar-refractivity contribution < 1.29 is 10.2 Å². The van der Waals surface area contributed by atoms with Gasteiger partial charge in [-0.2, -0.15) is 0 Å². The number of nitrogens with one attached hydrogen (secondary N) is 1. The van der Waals surface area contributed by atoms with Gasteiger partial charge in [-0.05, 0) is 36.8 Å². The Bertz CT molecular complexity index is 523. The van der Waals surface area contributed by atoms with E-state index in [0.29, 0.717) is 0 Å². The molecule has 0 atom stereocenters. The van der Waals surface area contributed by atoms with E-state index in [2.05, 4.69) is 5.32 Å². The van der Waals surface area contributed by atoms with Crippen LogP contribution in [0.3, 0.4) is 0 Å². The molecule has 3 heteroatoms. The molecular weight excluding hydrogens is 214 g/mol. The number of para-hydroxylation sites is 1. The predicted molar refractivity (Wildman–Crippen MR) is 68.5 cm³/mol. The summed E-state index contributed by atoms with van der Waals surface area (Å²) in [5, 5.41) is 21.8. The number of hydrogen-bond donors (Lipinski definition) is 3. The van der Waals surface area contributed by atoms with Gasteiger partial charge in [0.15, 0.2) is 0 Å². The van der Waals surface area contributed by atoms with E-state index in [1.54, 1.807) is 12.1 Å². The molecular formula is C14H15NO2. The van der Waals surface area contributed by atoms with Crippen LogP contribution in [0.5, 0.6) is 5.75 Å². The highest BCUT2D eigenvalue weighted by molar-refractivity contribution is 5.66. The molecule has 0 amide bonds. The van der Waals surface area contributed by atoms with Crippen LogP contribution in [0.1, 0.15) is 11.1 Å². The number of anilines is 2. The Kier molecular flexibility index (Phi) is 3.30. The molecule has 0 heterocycles. The van der Waals surface area contributed by atoms with Gasteiger partial charge in [0.05, 0.1) is 6.61 Å². The third kappa shape index (κ3) is 2.57. The number of rotatable bonds is 3. The van der Waals surface area contributed by atoms with Crippen molar-refractivity contribution in [2.24, 2.45) is 0 Å². The van der Waals surface area contributed by atoms with Gasteiger partial charge in [-0.3, -0.25) is 0 Å². The first-order valence-electron chi connectivity index (χ1n) is 5.46. The van der Waals surface area contributed by atoms with Crippen LogP contribution in [0.15, 0.2) is 42.5 Å². The first kappa shape index (κ1) is 11.5. The van der Waals surface area contributed by atoms with Gasteiger partial charge in [0, 0.05) is 16.9 Å². The molecule has 0 radical (unpaired) electrons. The second-order valence-electron chi connectivity index (χ2n) is 3.94. The van der Waals surface area contributed by atoms with E-state index >= 15 is 0 Å². The highest BCUT2D eigenvalue weighted by Crippen LogP contribution is 2.25. The van der Waals surface area contributed by atoms with Crippen LogP contribution in [0.2, 0.25) is 0 Å². The van der Waals surface area contributed by atoms with E-state index in [1.807, 2.05) is 37.3 Å². The normalized spacial score (nSPS) is 10.2. The van der Waals surface area contributed by atoms with Crippen molar-refractivity contribution >= 4 is 11.4 Å². The first-order chi connectivity index (χ1) is 8.20. The second-order valence-corrected chi connectivity index (χ2v) is 3.94. The smallest absolute Gasteiger partial charge is 0.115 e. The fourth-order valence-corrected chi connectivity index (χ4v) is 1.71. The van der Waals surface area contributed by atoms with Gasteiger partial charge in [-0.1, -0.05) is 18.2 Å². The Morgan fingerprint density at radius 1 is 1.06 bits per heavy atom. The number of aliphatic hydroxyl groups is 1. The van der Waals surface area contributed by atoms with Crippen molar-refractivity contribution in [1.82, 2.24) is 0 Å². The molecule has 0 aromatic heterocycles. The van der Waals surface area contributed by atoms with E-state index in [-0.39, 0.29) is 12.4 Å². The van der Waals surface area contributed by atoms with E-state index in [1.165, 1.54) is 0 Å². The zero-order valence-corrected chi connectivity index (χ0v) is 9.64. The largest absolute Gasteiger partial charge is 0.508 e. The number of benzene rings is 2. The molecule has 88 valence electrons. The summed E-state index contributed by atoms with van der Waals surface area (Å²) in [5.74, 6) is 0.253. The molecule has 0 aliphatic carbocycles. The second kappa shape index (κ2) is 4.89. The van der Waals surface area contributed by atoms with Crippen LogP contribution in [-0.4, -0.2) is 10.2 Å². The van der Waals surface area contributed by atoms with Crippen LogP contribution >= 0.6 is 0 Å². The summed E-state index contributed by atoms with van der Waals surface area (Å²) in [7, 11) is 0. The fraction of sp³-hybridized carbons (Fsp3) is 0.143. The Hall–Kier alpha value is -2.00. The van der Waals surface area contributed by atoms with Crippen molar-refractivity contribution in [1.29, 1.82) is 0 Å². The minimum absolute atomic E-state index is 0.000302. The number of phenolic OH excluding ortho intramolecular Hbond substituents is 1. The van der Waals surface area contributed by atoms with Crippen LogP contribution in [-0.2, 0) is 6.61 Å². The molecule has 0 saturated carbocycles. The van der Waals surface area contributed by atoms with Crippen molar-refractivity contribution in [3.05, 3.63) is 53.6 Å². The monoisotopic (exact) mass is 229 g/mol. The molecule has 2 aromatic carbocycles. The van der Waals surface area contributed by atoms with Crippen molar-refractivity contribution in [3.63, 3.8) is 0 Å². The molecule has 0 saturated heterocycles. The average Bonchev–Trinajstić information content (AvgIpc) is 2.33. The molecule has 2 aromatic rings. The SMILES string of the molecule is Cc1cc(O)ccc1Nc1ccccc1CO. The Balaban J connectivity index is 2.31. The molecule has 0 bridgehead atoms. The van der Waals surface area contributed by atoms with Gasteiger partial charge in [0.25, 0.3) is 0 Å². The third-order valence-corrected chi connectivity index (χ3v) is 2.67. The third-order valence-electron chi connectivity index (χ3n) is 2.67. The van der Waals surface area contributed by atoms with Gasteiger partial charge in [0.1, 0.15) is 5.75 Å². The number of aromatic hydroxyl groups is 1. The Labute approximate surface area is 100 Å².